The second kappa shape index (κ2) is 4.89. The average Bonchev–Trinajstić information content (AvgIpc) is 2.78. The standard InChI is InChI=1S/C11H16INO3/c1-16-11(15)8(12)5-13-10(14)9-6-3-2-4-7(6)9/h6-9H,2-5H2,1H3,(H,13,14). The van der Waals surface area contributed by atoms with Crippen molar-refractivity contribution in [3.63, 3.8) is 0 Å². The molecule has 0 heterocycles. The number of carbonyl (C=O) groups is 2. The van der Waals surface area contributed by atoms with Crippen LogP contribution in [0.3, 0.4) is 0 Å². The molecule has 0 aromatic carbocycles. The molecule has 2 rings (SSSR count). The van der Waals surface area contributed by atoms with Crippen LogP contribution in [0.5, 0.6) is 0 Å². The lowest BCUT2D eigenvalue weighted by atomic mass is 10.1. The fraction of sp³-hybridized carbons (Fsp3) is 0.818. The maximum absolute atomic E-state index is 11.8. The Hall–Kier alpha value is -0.330. The van der Waals surface area contributed by atoms with Crippen LogP contribution in [0.1, 0.15) is 19.3 Å². The number of halogens is 1. The van der Waals surface area contributed by atoms with Crippen molar-refractivity contribution in [1.29, 1.82) is 0 Å². The Labute approximate surface area is 109 Å². The van der Waals surface area contributed by atoms with Crippen LogP contribution in [0.4, 0.5) is 0 Å². The van der Waals surface area contributed by atoms with Crippen molar-refractivity contribution in [3.8, 4) is 0 Å². The lowest BCUT2D eigenvalue weighted by Crippen LogP contribution is -2.35. The second-order valence-corrected chi connectivity index (χ2v) is 6.02. The minimum Gasteiger partial charge on any atom is -0.468 e. The van der Waals surface area contributed by atoms with E-state index in [0.717, 1.165) is 0 Å². The van der Waals surface area contributed by atoms with E-state index in [-0.39, 0.29) is 21.7 Å². The third-order valence-electron chi connectivity index (χ3n) is 3.62. The molecule has 2 aliphatic carbocycles. The summed E-state index contributed by atoms with van der Waals surface area (Å²) in [5.41, 5.74) is 0. The van der Waals surface area contributed by atoms with Gasteiger partial charge in [-0.05, 0) is 24.7 Å². The zero-order valence-electron chi connectivity index (χ0n) is 9.24. The molecule has 0 spiro atoms. The molecule has 2 saturated carbocycles. The number of hydrogen-bond donors (Lipinski definition) is 1. The number of fused-ring (bicyclic) bond motifs is 1. The number of carbonyl (C=O) groups excluding carboxylic acids is 2. The SMILES string of the molecule is COC(=O)C(I)CNC(=O)C1C2CCCC21. The summed E-state index contributed by atoms with van der Waals surface area (Å²) in [6, 6.07) is 0. The van der Waals surface area contributed by atoms with Gasteiger partial charge < -0.3 is 10.1 Å². The highest BCUT2D eigenvalue weighted by atomic mass is 127. The number of rotatable bonds is 4. The Morgan fingerprint density at radius 3 is 2.62 bits per heavy atom. The highest BCUT2D eigenvalue weighted by Crippen LogP contribution is 2.57. The predicted octanol–water partition coefficient (Wildman–Crippen LogP) is 1.13. The molecular formula is C11H16INO3. The van der Waals surface area contributed by atoms with E-state index in [1.54, 1.807) is 0 Å². The van der Waals surface area contributed by atoms with Crippen molar-refractivity contribution in [2.75, 3.05) is 13.7 Å². The molecule has 0 bridgehead atoms. The summed E-state index contributed by atoms with van der Waals surface area (Å²) in [5, 5.41) is 2.84. The summed E-state index contributed by atoms with van der Waals surface area (Å²) in [5.74, 6) is 1.34. The topological polar surface area (TPSA) is 55.4 Å². The minimum atomic E-state index is -0.287. The fourth-order valence-corrected chi connectivity index (χ4v) is 3.20. The van der Waals surface area contributed by atoms with Gasteiger partial charge in [-0.25, -0.2) is 0 Å². The number of hydrogen-bond acceptors (Lipinski definition) is 3. The van der Waals surface area contributed by atoms with E-state index in [9.17, 15) is 9.59 Å². The van der Waals surface area contributed by atoms with Gasteiger partial charge in [0.15, 0.2) is 0 Å². The molecule has 1 N–H and O–H groups in total. The van der Waals surface area contributed by atoms with Gasteiger partial charge in [-0.15, -0.1) is 0 Å². The Morgan fingerprint density at radius 1 is 1.44 bits per heavy atom. The van der Waals surface area contributed by atoms with Crippen LogP contribution in [-0.2, 0) is 14.3 Å². The lowest BCUT2D eigenvalue weighted by Gasteiger charge is -2.10. The number of alkyl halides is 1. The van der Waals surface area contributed by atoms with E-state index >= 15 is 0 Å². The first-order valence-electron chi connectivity index (χ1n) is 5.64. The van der Waals surface area contributed by atoms with Gasteiger partial charge >= 0.3 is 5.97 Å². The summed E-state index contributed by atoms with van der Waals surface area (Å²) < 4.78 is 4.31. The van der Waals surface area contributed by atoms with Gasteiger partial charge in [-0.2, -0.15) is 0 Å². The smallest absolute Gasteiger partial charge is 0.320 e. The van der Waals surface area contributed by atoms with Gasteiger partial charge in [0.25, 0.3) is 0 Å². The van der Waals surface area contributed by atoms with Crippen molar-refractivity contribution in [2.45, 2.75) is 23.2 Å². The number of ether oxygens (including phenoxy) is 1. The molecule has 1 amide bonds. The molecule has 16 heavy (non-hydrogen) atoms. The molecule has 2 aliphatic rings. The van der Waals surface area contributed by atoms with Gasteiger partial charge in [0.1, 0.15) is 3.92 Å². The van der Waals surface area contributed by atoms with E-state index in [1.807, 2.05) is 22.6 Å². The highest BCUT2D eigenvalue weighted by Gasteiger charge is 2.56. The molecule has 90 valence electrons. The normalized spacial score (nSPS) is 32.8. The largest absolute Gasteiger partial charge is 0.468 e. The summed E-state index contributed by atoms with van der Waals surface area (Å²) in [7, 11) is 1.36. The van der Waals surface area contributed by atoms with E-state index < -0.39 is 0 Å². The summed E-state index contributed by atoms with van der Waals surface area (Å²) in [6.45, 7) is 0.377. The van der Waals surface area contributed by atoms with Gasteiger partial charge in [-0.3, -0.25) is 9.59 Å². The van der Waals surface area contributed by atoms with Crippen LogP contribution >= 0.6 is 22.6 Å². The molecule has 3 unspecified atom stereocenters. The van der Waals surface area contributed by atoms with Crippen molar-refractivity contribution in [1.82, 2.24) is 5.32 Å². The molecule has 5 heteroatoms. The molecular weight excluding hydrogens is 321 g/mol. The summed E-state index contributed by atoms with van der Waals surface area (Å²) >= 11 is 1.99. The lowest BCUT2D eigenvalue weighted by molar-refractivity contribution is -0.139. The van der Waals surface area contributed by atoms with E-state index in [0.29, 0.717) is 18.4 Å². The van der Waals surface area contributed by atoms with E-state index in [2.05, 4.69) is 10.1 Å². The van der Waals surface area contributed by atoms with Crippen molar-refractivity contribution in [3.05, 3.63) is 0 Å². The molecule has 0 radical (unpaired) electrons. The van der Waals surface area contributed by atoms with Crippen LogP contribution in [0.25, 0.3) is 0 Å². The van der Waals surface area contributed by atoms with Crippen LogP contribution < -0.4 is 5.32 Å². The number of methoxy groups -OCH3 is 1. The molecule has 3 atom stereocenters. The van der Waals surface area contributed by atoms with Crippen molar-refractivity contribution < 1.29 is 14.3 Å². The summed E-state index contributed by atoms with van der Waals surface area (Å²) in [4.78, 5) is 22.9. The molecule has 4 nitrogen and oxygen atoms in total. The Morgan fingerprint density at radius 2 is 2.06 bits per heavy atom. The zero-order valence-corrected chi connectivity index (χ0v) is 11.4. The molecule has 0 aromatic rings. The second-order valence-electron chi connectivity index (χ2n) is 4.52. The fourth-order valence-electron chi connectivity index (χ4n) is 2.73. The zero-order chi connectivity index (χ0) is 11.7. The third-order valence-corrected chi connectivity index (χ3v) is 4.57. The Bertz CT molecular complexity index is 298. The van der Waals surface area contributed by atoms with Crippen molar-refractivity contribution >= 4 is 34.5 Å². The first kappa shape index (κ1) is 12.1. The summed E-state index contributed by atoms with van der Waals surface area (Å²) in [6.07, 6.45) is 3.68. The maximum atomic E-state index is 11.8. The van der Waals surface area contributed by atoms with E-state index in [4.69, 9.17) is 0 Å². The van der Waals surface area contributed by atoms with E-state index in [1.165, 1.54) is 26.4 Å². The number of nitrogens with one attached hydrogen (secondary N) is 1. The molecule has 0 saturated heterocycles. The average molecular weight is 337 g/mol. The minimum absolute atomic E-state index is 0.125. The van der Waals surface area contributed by atoms with Gasteiger partial charge in [0, 0.05) is 12.5 Å². The van der Waals surface area contributed by atoms with Crippen molar-refractivity contribution in [2.24, 2.45) is 17.8 Å². The highest BCUT2D eigenvalue weighted by molar-refractivity contribution is 14.1. The van der Waals surface area contributed by atoms with Crippen LogP contribution in [0.2, 0.25) is 0 Å². The maximum Gasteiger partial charge on any atom is 0.320 e. The number of esters is 1. The van der Waals surface area contributed by atoms with Gasteiger partial charge in [-0.1, -0.05) is 29.0 Å². The predicted molar refractivity (Wildman–Crippen MR) is 67.2 cm³/mol. The molecule has 2 fully saturated rings. The quantitative estimate of drug-likeness (QED) is 0.475. The van der Waals surface area contributed by atoms with Crippen LogP contribution in [0, 0.1) is 17.8 Å². The third kappa shape index (κ3) is 2.33. The molecule has 0 aliphatic heterocycles. The number of amides is 1. The monoisotopic (exact) mass is 337 g/mol. The van der Waals surface area contributed by atoms with Gasteiger partial charge in [0.2, 0.25) is 5.91 Å². The van der Waals surface area contributed by atoms with Crippen LogP contribution in [0.15, 0.2) is 0 Å². The Balaban J connectivity index is 1.71. The van der Waals surface area contributed by atoms with Gasteiger partial charge in [0.05, 0.1) is 7.11 Å². The molecule has 0 aromatic heterocycles. The Kier molecular flexibility index (Phi) is 3.71. The first-order valence-corrected chi connectivity index (χ1v) is 6.89. The first-order chi connectivity index (χ1) is 7.65. The van der Waals surface area contributed by atoms with Crippen LogP contribution in [-0.4, -0.2) is 29.5 Å².